The van der Waals surface area contributed by atoms with Crippen LogP contribution in [0.4, 0.5) is 10.1 Å². The fourth-order valence-electron chi connectivity index (χ4n) is 1.59. The number of aromatic nitrogens is 2. The second-order valence-corrected chi connectivity index (χ2v) is 3.69. The molecule has 0 atom stereocenters. The van der Waals surface area contributed by atoms with Gasteiger partial charge in [-0.15, -0.1) is 0 Å². The van der Waals surface area contributed by atoms with Crippen molar-refractivity contribution in [2.75, 3.05) is 11.9 Å². The Hall–Kier alpha value is -2.37. The first kappa shape index (κ1) is 12.1. The van der Waals surface area contributed by atoms with E-state index >= 15 is 0 Å². The van der Waals surface area contributed by atoms with E-state index in [4.69, 9.17) is 5.11 Å². The second-order valence-electron chi connectivity index (χ2n) is 3.69. The van der Waals surface area contributed by atoms with Gasteiger partial charge < -0.3 is 10.4 Å². The highest BCUT2D eigenvalue weighted by atomic mass is 19.1. The lowest BCUT2D eigenvalue weighted by Gasteiger charge is -2.09. The van der Waals surface area contributed by atoms with Gasteiger partial charge in [0.1, 0.15) is 5.82 Å². The zero-order valence-corrected chi connectivity index (χ0v) is 9.51. The van der Waals surface area contributed by atoms with Crippen molar-refractivity contribution < 1.29 is 14.3 Å². The summed E-state index contributed by atoms with van der Waals surface area (Å²) in [7, 11) is 0. The standard InChI is InChI=1S/C12H12FN3O2/c13-9-2-3-11(10(8-9)12(17)18)14-5-7-16-6-1-4-15-16/h1-4,6,8,14H,5,7H2,(H,17,18). The number of rotatable bonds is 5. The van der Waals surface area contributed by atoms with Crippen LogP contribution in [-0.2, 0) is 6.54 Å². The highest BCUT2D eigenvalue weighted by Gasteiger charge is 2.10. The topological polar surface area (TPSA) is 67.2 Å². The van der Waals surface area contributed by atoms with E-state index in [9.17, 15) is 9.18 Å². The Labute approximate surface area is 103 Å². The number of anilines is 1. The van der Waals surface area contributed by atoms with Crippen molar-refractivity contribution >= 4 is 11.7 Å². The fourth-order valence-corrected chi connectivity index (χ4v) is 1.59. The minimum atomic E-state index is -1.16. The molecule has 0 bridgehead atoms. The number of carboxylic acids is 1. The van der Waals surface area contributed by atoms with E-state index in [2.05, 4.69) is 10.4 Å². The zero-order valence-electron chi connectivity index (χ0n) is 9.51. The van der Waals surface area contributed by atoms with Crippen molar-refractivity contribution in [2.24, 2.45) is 0 Å². The summed E-state index contributed by atoms with van der Waals surface area (Å²) >= 11 is 0. The van der Waals surface area contributed by atoms with Gasteiger partial charge in [0.25, 0.3) is 0 Å². The van der Waals surface area contributed by atoms with Crippen LogP contribution in [0.1, 0.15) is 10.4 Å². The van der Waals surface area contributed by atoms with Crippen LogP contribution in [0.15, 0.2) is 36.7 Å². The van der Waals surface area contributed by atoms with E-state index in [1.54, 1.807) is 16.9 Å². The Morgan fingerprint density at radius 2 is 2.33 bits per heavy atom. The maximum Gasteiger partial charge on any atom is 0.337 e. The van der Waals surface area contributed by atoms with Gasteiger partial charge in [-0.05, 0) is 24.3 Å². The molecular formula is C12H12FN3O2. The lowest BCUT2D eigenvalue weighted by atomic mass is 10.1. The summed E-state index contributed by atoms with van der Waals surface area (Å²) in [6.07, 6.45) is 3.48. The van der Waals surface area contributed by atoms with Crippen LogP contribution in [0.25, 0.3) is 0 Å². The van der Waals surface area contributed by atoms with E-state index in [1.807, 2.05) is 6.20 Å². The number of nitrogens with zero attached hydrogens (tertiary/aromatic N) is 2. The minimum Gasteiger partial charge on any atom is -0.478 e. The predicted molar refractivity (Wildman–Crippen MR) is 64.1 cm³/mol. The van der Waals surface area contributed by atoms with Crippen LogP contribution in [0.3, 0.4) is 0 Å². The molecule has 2 aromatic rings. The predicted octanol–water partition coefficient (Wildman–Crippen LogP) is 1.83. The number of carboxylic acid groups (broad SMARTS) is 1. The molecule has 5 nitrogen and oxygen atoms in total. The normalized spacial score (nSPS) is 10.3. The van der Waals surface area contributed by atoms with Crippen molar-refractivity contribution in [3.63, 3.8) is 0 Å². The molecular weight excluding hydrogens is 237 g/mol. The molecule has 0 aliphatic rings. The van der Waals surface area contributed by atoms with Crippen LogP contribution in [0.5, 0.6) is 0 Å². The van der Waals surface area contributed by atoms with Gasteiger partial charge in [0.2, 0.25) is 0 Å². The van der Waals surface area contributed by atoms with Gasteiger partial charge in [-0.1, -0.05) is 0 Å². The van der Waals surface area contributed by atoms with Crippen LogP contribution in [0.2, 0.25) is 0 Å². The van der Waals surface area contributed by atoms with Crippen molar-refractivity contribution in [2.45, 2.75) is 6.54 Å². The number of hydrogen-bond acceptors (Lipinski definition) is 3. The number of hydrogen-bond donors (Lipinski definition) is 2. The molecule has 0 unspecified atom stereocenters. The molecule has 0 fully saturated rings. The first-order valence-electron chi connectivity index (χ1n) is 5.41. The fraction of sp³-hybridized carbons (Fsp3) is 0.167. The van der Waals surface area contributed by atoms with Gasteiger partial charge in [0.05, 0.1) is 12.1 Å². The summed E-state index contributed by atoms with van der Waals surface area (Å²) in [6, 6.07) is 5.45. The van der Waals surface area contributed by atoms with Gasteiger partial charge in [-0.3, -0.25) is 4.68 Å². The van der Waals surface area contributed by atoms with E-state index in [1.165, 1.54) is 12.1 Å². The zero-order chi connectivity index (χ0) is 13.0. The van der Waals surface area contributed by atoms with Crippen LogP contribution in [0, 0.1) is 5.82 Å². The Morgan fingerprint density at radius 1 is 1.50 bits per heavy atom. The Morgan fingerprint density at radius 3 is 3.00 bits per heavy atom. The number of benzene rings is 1. The van der Waals surface area contributed by atoms with Crippen LogP contribution < -0.4 is 5.32 Å². The lowest BCUT2D eigenvalue weighted by molar-refractivity contribution is 0.0697. The SMILES string of the molecule is O=C(O)c1cc(F)ccc1NCCn1cccn1. The summed E-state index contributed by atoms with van der Waals surface area (Å²) in [4.78, 5) is 10.9. The molecule has 18 heavy (non-hydrogen) atoms. The quantitative estimate of drug-likeness (QED) is 0.848. The molecule has 1 heterocycles. The van der Waals surface area contributed by atoms with Crippen molar-refractivity contribution in [1.82, 2.24) is 9.78 Å². The van der Waals surface area contributed by atoms with E-state index in [0.717, 1.165) is 6.07 Å². The highest BCUT2D eigenvalue weighted by molar-refractivity contribution is 5.94. The average molecular weight is 249 g/mol. The highest BCUT2D eigenvalue weighted by Crippen LogP contribution is 2.16. The number of aromatic carboxylic acids is 1. The van der Waals surface area contributed by atoms with E-state index < -0.39 is 11.8 Å². The molecule has 2 N–H and O–H groups in total. The molecule has 0 amide bonds. The molecule has 6 heteroatoms. The molecule has 0 saturated heterocycles. The first-order chi connectivity index (χ1) is 8.66. The third-order valence-electron chi connectivity index (χ3n) is 2.43. The van der Waals surface area contributed by atoms with Crippen LogP contribution in [-0.4, -0.2) is 27.4 Å². The van der Waals surface area contributed by atoms with Crippen LogP contribution >= 0.6 is 0 Å². The summed E-state index contributed by atoms with van der Waals surface area (Å²) in [5, 5.41) is 15.9. The largest absolute Gasteiger partial charge is 0.478 e. The first-order valence-corrected chi connectivity index (χ1v) is 5.41. The molecule has 0 radical (unpaired) electrons. The number of carbonyl (C=O) groups is 1. The monoisotopic (exact) mass is 249 g/mol. The summed E-state index contributed by atoms with van der Waals surface area (Å²) in [6.45, 7) is 1.11. The Bertz CT molecular complexity index is 540. The number of nitrogens with one attached hydrogen (secondary N) is 1. The third kappa shape index (κ3) is 2.85. The van der Waals surface area contributed by atoms with Gasteiger partial charge in [-0.2, -0.15) is 5.10 Å². The summed E-state index contributed by atoms with van der Waals surface area (Å²) in [5.74, 6) is -1.72. The third-order valence-corrected chi connectivity index (χ3v) is 2.43. The van der Waals surface area contributed by atoms with E-state index in [0.29, 0.717) is 18.8 Å². The van der Waals surface area contributed by atoms with Crippen molar-refractivity contribution in [3.8, 4) is 0 Å². The van der Waals surface area contributed by atoms with Gasteiger partial charge in [0, 0.05) is 24.6 Å². The maximum absolute atomic E-state index is 12.9. The summed E-state index contributed by atoms with van der Waals surface area (Å²) in [5.41, 5.74) is 0.325. The number of halogens is 1. The van der Waals surface area contributed by atoms with E-state index in [-0.39, 0.29) is 5.56 Å². The molecule has 0 aliphatic heterocycles. The van der Waals surface area contributed by atoms with Crippen molar-refractivity contribution in [3.05, 3.63) is 48.0 Å². The molecule has 1 aromatic carbocycles. The molecule has 1 aromatic heterocycles. The van der Waals surface area contributed by atoms with Gasteiger partial charge in [0.15, 0.2) is 0 Å². The lowest BCUT2D eigenvalue weighted by Crippen LogP contribution is -2.13. The Kier molecular flexibility index (Phi) is 3.57. The summed E-state index contributed by atoms with van der Waals surface area (Å²) < 4.78 is 14.7. The van der Waals surface area contributed by atoms with Gasteiger partial charge >= 0.3 is 5.97 Å². The Balaban J connectivity index is 2.02. The molecule has 0 spiro atoms. The van der Waals surface area contributed by atoms with Gasteiger partial charge in [-0.25, -0.2) is 9.18 Å². The average Bonchev–Trinajstić information content (AvgIpc) is 2.84. The molecule has 0 aliphatic carbocycles. The molecule has 2 rings (SSSR count). The maximum atomic E-state index is 12.9. The van der Waals surface area contributed by atoms with Crippen molar-refractivity contribution in [1.29, 1.82) is 0 Å². The smallest absolute Gasteiger partial charge is 0.337 e. The second kappa shape index (κ2) is 5.31. The molecule has 0 saturated carbocycles. The molecule has 94 valence electrons. The minimum absolute atomic E-state index is 0.0736.